The quantitative estimate of drug-likeness (QED) is 0.0554. The van der Waals surface area contributed by atoms with E-state index in [1.165, 1.54) is 100 Å². The van der Waals surface area contributed by atoms with Crippen LogP contribution in [0.5, 0.6) is 0 Å². The van der Waals surface area contributed by atoms with E-state index in [4.69, 9.17) is 40.3 Å². The monoisotopic (exact) mass is 696 g/mol. The predicted octanol–water partition coefficient (Wildman–Crippen LogP) is 7.67. The molecule has 2 saturated heterocycles. The molecule has 0 spiro atoms. The molecule has 0 bridgehead atoms. The van der Waals surface area contributed by atoms with Crippen LogP contribution in [0.1, 0.15) is 130 Å². The van der Waals surface area contributed by atoms with Gasteiger partial charge in [0.25, 0.3) is 0 Å². The maximum absolute atomic E-state index is 13.7. The minimum atomic E-state index is -3.54. The lowest BCUT2D eigenvalue weighted by atomic mass is 10.0. The van der Waals surface area contributed by atoms with E-state index in [1.807, 2.05) is 0 Å². The van der Waals surface area contributed by atoms with Crippen LogP contribution in [-0.2, 0) is 32.6 Å². The molecule has 0 radical (unpaired) electrons. The second-order valence-electron chi connectivity index (χ2n) is 13.4. The largest absolute Gasteiger partial charge is 0.383 e. The number of aromatic nitrogens is 2. The van der Waals surface area contributed by atoms with Gasteiger partial charge in [0, 0.05) is 25.8 Å². The van der Waals surface area contributed by atoms with E-state index in [2.05, 4.69) is 16.8 Å². The summed E-state index contributed by atoms with van der Waals surface area (Å²) in [4.78, 5) is 19.7. The molecule has 1 aromatic rings. The van der Waals surface area contributed by atoms with Gasteiger partial charge in [-0.3, -0.25) is 9.13 Å². The zero-order chi connectivity index (χ0) is 34.7. The van der Waals surface area contributed by atoms with Crippen molar-refractivity contribution in [3.05, 3.63) is 34.2 Å². The normalized spacial score (nSPS) is 22.8. The molecule has 2 aliphatic rings. The fourth-order valence-corrected chi connectivity index (χ4v) is 7.84. The van der Waals surface area contributed by atoms with Crippen molar-refractivity contribution in [1.82, 2.24) is 9.55 Å². The first-order valence-corrected chi connectivity index (χ1v) is 20.1. The highest BCUT2D eigenvalue weighted by Crippen LogP contribution is 2.50. The average molecular weight is 697 g/mol. The highest BCUT2D eigenvalue weighted by Gasteiger charge is 2.56. The number of fused-ring (bicyclic) bond motifs is 1. The van der Waals surface area contributed by atoms with Gasteiger partial charge >= 0.3 is 13.3 Å². The summed E-state index contributed by atoms with van der Waals surface area (Å²) in [5.74, 6) is -0.810. The average Bonchev–Trinajstić information content (AvgIpc) is 3.54. The maximum Gasteiger partial charge on any atom is 0.351 e. The van der Waals surface area contributed by atoms with Gasteiger partial charge in [0.2, 0.25) is 6.54 Å². The molecular weight excluding hydrogens is 635 g/mol. The summed E-state index contributed by atoms with van der Waals surface area (Å²) in [5.41, 5.74) is 5.09. The molecule has 2 aliphatic heterocycles. The Bertz CT molecular complexity index is 1190. The number of hydrogen-bond acceptors (Lipinski definition) is 10. The summed E-state index contributed by atoms with van der Waals surface area (Å²) in [5, 5.41) is 0. The van der Waals surface area contributed by atoms with Gasteiger partial charge in [-0.1, -0.05) is 90.4 Å². The Balaban J connectivity index is 1.31. The first-order valence-electron chi connectivity index (χ1n) is 18.3. The van der Waals surface area contributed by atoms with Crippen molar-refractivity contribution in [1.29, 1.82) is 0 Å². The van der Waals surface area contributed by atoms with Gasteiger partial charge in [-0.05, 0) is 32.8 Å². The molecule has 3 heterocycles. The number of nitrogen functional groups attached to an aromatic ring is 1. The molecule has 2 fully saturated rings. The zero-order valence-electron chi connectivity index (χ0n) is 29.7. The van der Waals surface area contributed by atoms with Crippen LogP contribution in [-0.4, -0.2) is 72.8 Å². The molecule has 0 amide bonds. The maximum atomic E-state index is 13.7. The van der Waals surface area contributed by atoms with E-state index in [9.17, 15) is 9.36 Å². The van der Waals surface area contributed by atoms with Gasteiger partial charge in [0.1, 0.15) is 24.1 Å². The number of ether oxygens (including phenoxy) is 4. The zero-order valence-corrected chi connectivity index (χ0v) is 30.5. The van der Waals surface area contributed by atoms with E-state index in [-0.39, 0.29) is 31.7 Å². The molecule has 0 aliphatic carbocycles. The Hall–Kier alpha value is -1.84. The van der Waals surface area contributed by atoms with Gasteiger partial charge in [-0.25, -0.2) is 11.4 Å². The third-order valence-corrected chi connectivity index (χ3v) is 10.7. The van der Waals surface area contributed by atoms with Crippen LogP contribution in [0, 0.1) is 6.57 Å². The molecule has 48 heavy (non-hydrogen) atoms. The molecule has 5 atom stereocenters. The number of unbranched alkanes of at least 4 members (excludes halogenated alkanes) is 13. The van der Waals surface area contributed by atoms with Crippen molar-refractivity contribution in [2.45, 2.75) is 154 Å². The van der Waals surface area contributed by atoms with E-state index >= 15 is 0 Å². The summed E-state index contributed by atoms with van der Waals surface area (Å²) in [6.07, 6.45) is 18.4. The molecule has 1 aromatic heterocycles. The molecular formula is C35H61N4O8P. The topological polar surface area (TPSA) is 138 Å². The Kier molecular flexibility index (Phi) is 18.7. The van der Waals surface area contributed by atoms with Crippen molar-refractivity contribution in [3.8, 4) is 0 Å². The second kappa shape index (κ2) is 22.1. The van der Waals surface area contributed by atoms with Gasteiger partial charge in [0.15, 0.2) is 12.0 Å². The number of rotatable bonds is 27. The second-order valence-corrected chi connectivity index (χ2v) is 15.6. The molecule has 13 heteroatoms. The Morgan fingerprint density at radius 1 is 0.896 bits per heavy atom. The Morgan fingerprint density at radius 2 is 1.50 bits per heavy atom. The molecule has 0 saturated carbocycles. The predicted molar refractivity (Wildman–Crippen MR) is 187 cm³/mol. The first kappa shape index (κ1) is 40.6. The van der Waals surface area contributed by atoms with Gasteiger partial charge in [-0.2, -0.15) is 4.98 Å². The van der Waals surface area contributed by atoms with E-state index in [0.717, 1.165) is 6.42 Å². The van der Waals surface area contributed by atoms with Crippen LogP contribution in [0.25, 0.3) is 4.85 Å². The Labute approximate surface area is 288 Å². The number of nitrogens with zero attached hydrogens (tertiary/aromatic N) is 3. The van der Waals surface area contributed by atoms with Crippen molar-refractivity contribution in [3.63, 3.8) is 0 Å². The molecule has 12 nitrogen and oxygen atoms in total. The third kappa shape index (κ3) is 14.6. The highest BCUT2D eigenvalue weighted by molar-refractivity contribution is 7.53. The molecule has 3 rings (SSSR count). The molecule has 2 N–H and O–H groups in total. The smallest absolute Gasteiger partial charge is 0.351 e. The fourth-order valence-electron chi connectivity index (χ4n) is 6.20. The van der Waals surface area contributed by atoms with Crippen molar-refractivity contribution in [2.75, 3.05) is 44.9 Å². The van der Waals surface area contributed by atoms with Crippen LogP contribution < -0.4 is 11.4 Å². The van der Waals surface area contributed by atoms with Crippen LogP contribution in [0.3, 0.4) is 0 Å². The SMILES string of the molecule is [C-]#[N+]CCCP(=O)(OCCCOCCCCCCCCCCCCCCCC)OC[C@H]1O[C@@H](n2ccc(N)nc2=O)C2OC(C)(C)O[C@H]21. The van der Waals surface area contributed by atoms with E-state index in [0.29, 0.717) is 26.1 Å². The van der Waals surface area contributed by atoms with Crippen LogP contribution in [0.15, 0.2) is 17.1 Å². The van der Waals surface area contributed by atoms with Gasteiger partial charge in [0.05, 0.1) is 19.4 Å². The minimum absolute atomic E-state index is 0.0980. The number of anilines is 1. The standard InChI is InChI=1S/C35H61N4O8P/c1-5-6-7-8-9-10-11-12-13-14-15-16-17-18-24-42-25-20-26-43-48(41,27-19-22-37-4)44-28-29-31-32(47-35(2,3)46-31)33(45-29)39-23-21-30(36)38-34(39)40/h21,23,29,31-33H,5-20,22,24-28H2,1-3H3,(H2,36,38,40)/t29-,31+,32?,33-,48?/m1/s1. The lowest BCUT2D eigenvalue weighted by Crippen LogP contribution is -2.35. The molecule has 2 unspecified atom stereocenters. The third-order valence-electron chi connectivity index (χ3n) is 8.75. The first-order chi connectivity index (χ1) is 23.2. The number of nitrogens with two attached hydrogens (primary N) is 1. The summed E-state index contributed by atoms with van der Waals surface area (Å²) < 4.78 is 50.8. The van der Waals surface area contributed by atoms with Gasteiger partial charge < -0.3 is 38.6 Å². The fraction of sp³-hybridized carbons (Fsp3) is 0.857. The highest BCUT2D eigenvalue weighted by atomic mass is 31.2. The van der Waals surface area contributed by atoms with E-state index in [1.54, 1.807) is 13.8 Å². The molecule has 274 valence electrons. The lowest BCUT2D eigenvalue weighted by molar-refractivity contribution is -0.200. The van der Waals surface area contributed by atoms with E-state index < -0.39 is 43.6 Å². The molecule has 0 aromatic carbocycles. The Morgan fingerprint density at radius 3 is 2.12 bits per heavy atom. The van der Waals surface area contributed by atoms with Gasteiger partial charge in [-0.15, -0.1) is 0 Å². The van der Waals surface area contributed by atoms with Crippen molar-refractivity contribution >= 4 is 13.4 Å². The lowest BCUT2D eigenvalue weighted by Gasteiger charge is -2.26. The summed E-state index contributed by atoms with van der Waals surface area (Å²) in [6.45, 7) is 14.5. The summed E-state index contributed by atoms with van der Waals surface area (Å²) >= 11 is 0. The van der Waals surface area contributed by atoms with Crippen LogP contribution in [0.2, 0.25) is 0 Å². The van der Waals surface area contributed by atoms with Crippen molar-refractivity contribution in [2.24, 2.45) is 0 Å². The minimum Gasteiger partial charge on any atom is -0.383 e. The van der Waals surface area contributed by atoms with Crippen molar-refractivity contribution < 1.29 is 32.6 Å². The van der Waals surface area contributed by atoms with Crippen LogP contribution >= 0.6 is 7.60 Å². The number of hydrogen-bond donors (Lipinski definition) is 1. The van der Waals surface area contributed by atoms with Crippen LogP contribution in [0.4, 0.5) is 5.82 Å². The summed E-state index contributed by atoms with van der Waals surface area (Å²) in [6, 6.07) is 1.51. The summed E-state index contributed by atoms with van der Waals surface area (Å²) in [7, 11) is -3.54.